The molecule has 1 spiro atoms. The molecule has 2 bridgehead atoms. The summed E-state index contributed by atoms with van der Waals surface area (Å²) in [7, 11) is 0. The Balaban J connectivity index is 0.947. The minimum atomic E-state index is -0.754. The summed E-state index contributed by atoms with van der Waals surface area (Å²) in [5.74, 6) is -0.568. The van der Waals surface area contributed by atoms with E-state index in [0.717, 1.165) is 43.6 Å². The van der Waals surface area contributed by atoms with Crippen LogP contribution in [0.15, 0.2) is 42.6 Å². The van der Waals surface area contributed by atoms with Gasteiger partial charge in [-0.1, -0.05) is 37.3 Å². The van der Waals surface area contributed by atoms with Crippen molar-refractivity contribution in [3.63, 3.8) is 0 Å². The molecule has 2 aromatic heterocycles. The number of fused-ring (bicyclic) bond motifs is 2. The number of benzene rings is 1. The highest BCUT2D eigenvalue weighted by Gasteiger charge is 2.69. The Kier molecular flexibility index (Phi) is 5.82. The molecule has 10 nitrogen and oxygen atoms in total. The maximum absolute atomic E-state index is 13.7. The molecular weight excluding hydrogens is 556 g/mol. The van der Waals surface area contributed by atoms with Crippen LogP contribution in [0.4, 0.5) is 5.69 Å². The monoisotopic (exact) mass is 596 g/mol. The second-order valence-corrected chi connectivity index (χ2v) is 14.9. The van der Waals surface area contributed by atoms with E-state index in [2.05, 4.69) is 58.3 Å². The van der Waals surface area contributed by atoms with Gasteiger partial charge in [0, 0.05) is 50.1 Å². The third-order valence-corrected chi connectivity index (χ3v) is 11.9. The van der Waals surface area contributed by atoms with Crippen LogP contribution in [0.25, 0.3) is 5.65 Å². The van der Waals surface area contributed by atoms with E-state index in [1.165, 1.54) is 5.56 Å². The number of hydrogen-bond acceptors (Lipinski definition) is 6. The summed E-state index contributed by atoms with van der Waals surface area (Å²) < 4.78 is 1.76. The number of amides is 2. The van der Waals surface area contributed by atoms with Crippen LogP contribution >= 0.6 is 0 Å². The van der Waals surface area contributed by atoms with Crippen molar-refractivity contribution < 1.29 is 19.5 Å². The van der Waals surface area contributed by atoms with E-state index < -0.39 is 16.8 Å². The number of pyridine rings is 1. The Morgan fingerprint density at radius 3 is 2.30 bits per heavy atom. The molecular formula is C34H40N6O4. The molecule has 10 heteroatoms. The molecule has 6 aliphatic rings. The van der Waals surface area contributed by atoms with Crippen molar-refractivity contribution in [3.05, 3.63) is 59.5 Å². The minimum absolute atomic E-state index is 0.0808. The van der Waals surface area contributed by atoms with Crippen molar-refractivity contribution >= 4 is 29.1 Å². The average molecular weight is 597 g/mol. The van der Waals surface area contributed by atoms with Crippen LogP contribution in [0.3, 0.4) is 0 Å². The molecule has 6 fully saturated rings. The Morgan fingerprint density at radius 2 is 1.57 bits per heavy atom. The number of likely N-dealkylation sites (tertiary alicyclic amines) is 2. The number of nitrogens with zero attached hydrogens (tertiary/aromatic N) is 6. The van der Waals surface area contributed by atoms with E-state index in [-0.39, 0.29) is 28.5 Å². The number of anilines is 1. The number of carboxylic acid groups (broad SMARTS) is 1. The van der Waals surface area contributed by atoms with Crippen LogP contribution in [0.1, 0.15) is 73.6 Å². The van der Waals surface area contributed by atoms with Crippen molar-refractivity contribution in [3.8, 4) is 0 Å². The molecule has 2 amide bonds. The summed E-state index contributed by atoms with van der Waals surface area (Å²) in [5.41, 5.74) is 2.93. The normalized spacial score (nSPS) is 32.6. The molecule has 44 heavy (non-hydrogen) atoms. The van der Waals surface area contributed by atoms with Crippen molar-refractivity contribution in [1.29, 1.82) is 0 Å². The summed E-state index contributed by atoms with van der Waals surface area (Å²) >= 11 is 0. The third-order valence-electron chi connectivity index (χ3n) is 11.9. The largest absolute Gasteiger partial charge is 0.481 e. The predicted octanol–water partition coefficient (Wildman–Crippen LogP) is 3.92. The SMILES string of the molecule is Cc1cc(N2CC[C@](C)(c3ccccc3)C2)cn2nc(C(=O)N3CC[C@@]4(CCN(C(=O)C56CCC(C(=O)O)(C5)C6)C4)C3)nc12. The first-order valence-corrected chi connectivity index (χ1v) is 16.0. The first-order chi connectivity index (χ1) is 21.0. The predicted molar refractivity (Wildman–Crippen MR) is 163 cm³/mol. The lowest BCUT2D eigenvalue weighted by Gasteiger charge is -2.45. The fraction of sp³-hybridized carbons (Fsp3) is 0.559. The number of carboxylic acids is 1. The molecule has 3 aromatic rings. The number of hydrogen-bond donors (Lipinski definition) is 1. The Labute approximate surface area is 257 Å². The van der Waals surface area contributed by atoms with Gasteiger partial charge in [-0.05, 0) is 69.1 Å². The smallest absolute Gasteiger partial charge is 0.309 e. The van der Waals surface area contributed by atoms with E-state index in [1.807, 2.05) is 22.9 Å². The Bertz CT molecular complexity index is 1700. The fourth-order valence-corrected chi connectivity index (χ4v) is 9.27. The number of aromatic nitrogens is 3. The van der Waals surface area contributed by atoms with E-state index in [4.69, 9.17) is 0 Å². The van der Waals surface area contributed by atoms with Gasteiger partial charge in [0.2, 0.25) is 11.7 Å². The lowest BCUT2D eigenvalue weighted by Crippen LogP contribution is -2.52. The fourth-order valence-electron chi connectivity index (χ4n) is 9.27. The summed E-state index contributed by atoms with van der Waals surface area (Å²) in [4.78, 5) is 49.8. The molecule has 1 N–H and O–H groups in total. The van der Waals surface area contributed by atoms with E-state index in [0.29, 0.717) is 57.5 Å². The second-order valence-electron chi connectivity index (χ2n) is 14.9. The highest BCUT2D eigenvalue weighted by Crippen LogP contribution is 2.68. The topological polar surface area (TPSA) is 111 Å². The highest BCUT2D eigenvalue weighted by atomic mass is 16.4. The van der Waals surface area contributed by atoms with Crippen molar-refractivity contribution in [2.75, 3.05) is 44.2 Å². The molecule has 3 aliphatic heterocycles. The zero-order valence-corrected chi connectivity index (χ0v) is 25.6. The van der Waals surface area contributed by atoms with E-state index >= 15 is 0 Å². The molecule has 3 saturated carbocycles. The summed E-state index contributed by atoms with van der Waals surface area (Å²) in [6.45, 7) is 8.75. The molecule has 3 aliphatic carbocycles. The maximum Gasteiger partial charge on any atom is 0.309 e. The first-order valence-electron chi connectivity index (χ1n) is 16.0. The van der Waals surface area contributed by atoms with Crippen LogP contribution < -0.4 is 4.90 Å². The van der Waals surface area contributed by atoms with Gasteiger partial charge in [-0.2, -0.15) is 0 Å². The van der Waals surface area contributed by atoms with Gasteiger partial charge in [-0.25, -0.2) is 9.50 Å². The van der Waals surface area contributed by atoms with E-state index in [1.54, 1.807) is 4.52 Å². The maximum atomic E-state index is 13.7. The van der Waals surface area contributed by atoms with Gasteiger partial charge in [0.15, 0.2) is 5.65 Å². The van der Waals surface area contributed by atoms with Gasteiger partial charge in [0.05, 0.1) is 22.7 Å². The van der Waals surface area contributed by atoms with Crippen LogP contribution in [-0.4, -0.2) is 86.6 Å². The third kappa shape index (κ3) is 4.02. The van der Waals surface area contributed by atoms with Gasteiger partial charge >= 0.3 is 5.97 Å². The molecule has 230 valence electrons. The standard InChI is InChI=1S/C34H40N6O4/c1-23-16-25(37-13-10-31(2,20-37)24-6-4-3-5-7-24)17-40-27(23)35-26(36-40)28(41)38-14-11-32(21-38)12-15-39(22-32)29(42)33-8-9-34(18-33,19-33)30(43)44/h3-7,16-17H,8-15,18-22H2,1-2H3,(H,43,44)/t31-,32+,33?,34?/m0/s1. The Morgan fingerprint density at radius 1 is 0.864 bits per heavy atom. The first kappa shape index (κ1) is 27.6. The van der Waals surface area contributed by atoms with Gasteiger partial charge < -0.3 is 19.8 Å². The number of aryl methyl sites for hydroxylation is 1. The number of rotatable bonds is 5. The molecule has 9 rings (SSSR count). The van der Waals surface area contributed by atoms with Gasteiger partial charge in [0.25, 0.3) is 5.91 Å². The number of carbonyl (C=O) groups excluding carboxylic acids is 2. The zero-order chi connectivity index (χ0) is 30.5. The van der Waals surface area contributed by atoms with Crippen molar-refractivity contribution in [2.24, 2.45) is 16.2 Å². The minimum Gasteiger partial charge on any atom is -0.481 e. The summed E-state index contributed by atoms with van der Waals surface area (Å²) in [5, 5.41) is 14.3. The molecule has 3 saturated heterocycles. The van der Waals surface area contributed by atoms with Crippen LogP contribution in [0.2, 0.25) is 0 Å². The Hall–Kier alpha value is -3.95. The van der Waals surface area contributed by atoms with Gasteiger partial charge in [-0.15, -0.1) is 5.10 Å². The number of aliphatic carboxylic acids is 1. The van der Waals surface area contributed by atoms with Crippen molar-refractivity contribution in [1.82, 2.24) is 24.4 Å². The van der Waals surface area contributed by atoms with Crippen molar-refractivity contribution in [2.45, 2.75) is 64.2 Å². The average Bonchev–Trinajstić information content (AvgIpc) is 3.85. The summed E-state index contributed by atoms with van der Waals surface area (Å²) in [6.07, 6.45) is 7.02. The molecule has 2 atom stereocenters. The van der Waals surface area contributed by atoms with Gasteiger partial charge in [-0.3, -0.25) is 14.4 Å². The van der Waals surface area contributed by atoms with Crippen LogP contribution in [0, 0.1) is 23.2 Å². The lowest BCUT2D eigenvalue weighted by atomic mass is 9.59. The number of carbonyl (C=O) groups is 3. The summed E-state index contributed by atoms with van der Waals surface area (Å²) in [6, 6.07) is 12.8. The molecule has 1 aromatic carbocycles. The highest BCUT2D eigenvalue weighted by molar-refractivity contribution is 5.92. The van der Waals surface area contributed by atoms with Crippen LogP contribution in [0.5, 0.6) is 0 Å². The lowest BCUT2D eigenvalue weighted by molar-refractivity contribution is -0.164. The molecule has 0 radical (unpaired) electrons. The quantitative estimate of drug-likeness (QED) is 0.475. The second kappa shape index (κ2) is 9.28. The van der Waals surface area contributed by atoms with Gasteiger partial charge in [0.1, 0.15) is 0 Å². The van der Waals surface area contributed by atoms with Crippen LogP contribution in [-0.2, 0) is 15.0 Å². The zero-order valence-electron chi connectivity index (χ0n) is 25.6. The van der Waals surface area contributed by atoms with E-state index in [9.17, 15) is 19.5 Å². The molecule has 5 heterocycles. The molecule has 0 unspecified atom stereocenters.